The summed E-state index contributed by atoms with van der Waals surface area (Å²) in [7, 11) is 0. The molecule has 3 heteroatoms. The van der Waals surface area contributed by atoms with E-state index in [9.17, 15) is 0 Å². The fourth-order valence-electron chi connectivity index (χ4n) is 3.66. The molecule has 2 N–H and O–H groups in total. The fraction of sp³-hybridized carbons (Fsp3) is 0.647. The van der Waals surface area contributed by atoms with Gasteiger partial charge < -0.3 is 5.73 Å². The molecular formula is C17H27N3. The van der Waals surface area contributed by atoms with Crippen LogP contribution >= 0.6 is 0 Å². The van der Waals surface area contributed by atoms with E-state index in [0.29, 0.717) is 6.54 Å². The van der Waals surface area contributed by atoms with E-state index in [-0.39, 0.29) is 0 Å². The molecule has 1 unspecified atom stereocenters. The van der Waals surface area contributed by atoms with Crippen LogP contribution in [0.1, 0.15) is 36.0 Å². The molecule has 0 aromatic heterocycles. The van der Waals surface area contributed by atoms with Crippen molar-refractivity contribution in [3.05, 3.63) is 34.9 Å². The largest absolute Gasteiger partial charge is 0.326 e. The van der Waals surface area contributed by atoms with Crippen LogP contribution in [-0.2, 0) is 13.1 Å². The summed E-state index contributed by atoms with van der Waals surface area (Å²) in [6.45, 7) is 9.09. The number of hydrogen-bond acceptors (Lipinski definition) is 3. The number of aryl methyl sites for hydroxylation is 1. The Bertz CT molecular complexity index is 452. The van der Waals surface area contributed by atoms with Gasteiger partial charge in [0.25, 0.3) is 0 Å². The lowest BCUT2D eigenvalue weighted by atomic mass is 10.0. The van der Waals surface area contributed by atoms with Gasteiger partial charge in [0.05, 0.1) is 0 Å². The van der Waals surface area contributed by atoms with Crippen molar-refractivity contribution in [2.45, 2.75) is 45.3 Å². The lowest BCUT2D eigenvalue weighted by Gasteiger charge is -2.24. The first-order chi connectivity index (χ1) is 9.76. The molecule has 0 radical (unpaired) electrons. The topological polar surface area (TPSA) is 32.5 Å². The van der Waals surface area contributed by atoms with Crippen molar-refractivity contribution < 1.29 is 0 Å². The van der Waals surface area contributed by atoms with Crippen molar-refractivity contribution in [2.75, 3.05) is 26.2 Å². The molecule has 2 heterocycles. The molecule has 1 aromatic rings. The summed E-state index contributed by atoms with van der Waals surface area (Å²) < 4.78 is 0. The standard InChI is InChI=1S/C17H27N3/c1-14-10-15(11-18)4-5-16(14)12-19-9-6-17(13-19)20-7-2-3-8-20/h4-5,10,17H,2-3,6-9,11-13,18H2,1H3. The van der Waals surface area contributed by atoms with Crippen LogP contribution in [0.2, 0.25) is 0 Å². The molecule has 1 atom stereocenters. The highest BCUT2D eigenvalue weighted by Gasteiger charge is 2.29. The number of nitrogens with zero attached hydrogens (tertiary/aromatic N) is 2. The maximum atomic E-state index is 5.70. The van der Waals surface area contributed by atoms with Crippen molar-refractivity contribution >= 4 is 0 Å². The summed E-state index contributed by atoms with van der Waals surface area (Å²) in [5.74, 6) is 0. The highest BCUT2D eigenvalue weighted by Crippen LogP contribution is 2.22. The summed E-state index contributed by atoms with van der Waals surface area (Å²) in [6.07, 6.45) is 4.15. The third kappa shape index (κ3) is 3.05. The van der Waals surface area contributed by atoms with Crippen molar-refractivity contribution in [2.24, 2.45) is 5.73 Å². The zero-order chi connectivity index (χ0) is 13.9. The average molecular weight is 273 g/mol. The smallest absolute Gasteiger partial charge is 0.0237 e. The fourth-order valence-corrected chi connectivity index (χ4v) is 3.66. The number of hydrogen-bond donors (Lipinski definition) is 1. The molecule has 0 bridgehead atoms. The first kappa shape index (κ1) is 14.1. The van der Waals surface area contributed by atoms with Crippen LogP contribution in [0.5, 0.6) is 0 Å². The molecule has 0 aliphatic carbocycles. The van der Waals surface area contributed by atoms with Gasteiger partial charge in [-0.05, 0) is 56.0 Å². The first-order valence-corrected chi connectivity index (χ1v) is 8.01. The number of likely N-dealkylation sites (tertiary alicyclic amines) is 2. The predicted molar refractivity (Wildman–Crippen MR) is 83.6 cm³/mol. The van der Waals surface area contributed by atoms with E-state index in [1.54, 1.807) is 0 Å². The van der Waals surface area contributed by atoms with Crippen LogP contribution in [-0.4, -0.2) is 42.0 Å². The lowest BCUT2D eigenvalue weighted by molar-refractivity contribution is 0.230. The summed E-state index contributed by atoms with van der Waals surface area (Å²) in [4.78, 5) is 5.32. The molecule has 20 heavy (non-hydrogen) atoms. The van der Waals surface area contributed by atoms with E-state index in [1.807, 2.05) is 0 Å². The highest BCUT2D eigenvalue weighted by molar-refractivity contribution is 5.31. The lowest BCUT2D eigenvalue weighted by Crippen LogP contribution is -2.35. The molecule has 3 rings (SSSR count). The number of rotatable bonds is 4. The highest BCUT2D eigenvalue weighted by atomic mass is 15.3. The van der Waals surface area contributed by atoms with Crippen LogP contribution in [0.4, 0.5) is 0 Å². The molecule has 2 aliphatic rings. The Morgan fingerprint density at radius 1 is 1.20 bits per heavy atom. The van der Waals surface area contributed by atoms with Gasteiger partial charge in [0.15, 0.2) is 0 Å². The molecule has 110 valence electrons. The van der Waals surface area contributed by atoms with Crippen LogP contribution in [0.25, 0.3) is 0 Å². The Morgan fingerprint density at radius 2 is 2.00 bits per heavy atom. The van der Waals surface area contributed by atoms with E-state index in [4.69, 9.17) is 5.73 Å². The SMILES string of the molecule is Cc1cc(CN)ccc1CN1CCC(N2CCCC2)C1. The van der Waals surface area contributed by atoms with Crippen LogP contribution < -0.4 is 5.73 Å². The summed E-state index contributed by atoms with van der Waals surface area (Å²) in [6, 6.07) is 7.49. The molecule has 2 aliphatic heterocycles. The van der Waals surface area contributed by atoms with E-state index in [1.165, 1.54) is 62.1 Å². The molecule has 0 spiro atoms. The minimum absolute atomic E-state index is 0.641. The Balaban J connectivity index is 1.58. The van der Waals surface area contributed by atoms with Crippen molar-refractivity contribution in [1.29, 1.82) is 0 Å². The summed E-state index contributed by atoms with van der Waals surface area (Å²) >= 11 is 0. The molecule has 2 fully saturated rings. The Hall–Kier alpha value is -0.900. The minimum Gasteiger partial charge on any atom is -0.326 e. The first-order valence-electron chi connectivity index (χ1n) is 8.01. The second kappa shape index (κ2) is 6.25. The Kier molecular flexibility index (Phi) is 4.39. The van der Waals surface area contributed by atoms with E-state index >= 15 is 0 Å². The molecule has 1 aromatic carbocycles. The number of benzene rings is 1. The zero-order valence-corrected chi connectivity index (χ0v) is 12.6. The van der Waals surface area contributed by atoms with E-state index in [2.05, 4.69) is 34.9 Å². The van der Waals surface area contributed by atoms with Crippen LogP contribution in [0, 0.1) is 6.92 Å². The van der Waals surface area contributed by atoms with Crippen molar-refractivity contribution in [1.82, 2.24) is 9.80 Å². The van der Waals surface area contributed by atoms with Crippen molar-refractivity contribution in [3.8, 4) is 0 Å². The van der Waals surface area contributed by atoms with Gasteiger partial charge in [-0.25, -0.2) is 0 Å². The Labute approximate surface area is 122 Å². The van der Waals surface area contributed by atoms with Gasteiger partial charge >= 0.3 is 0 Å². The second-order valence-corrected chi connectivity index (χ2v) is 6.39. The molecule has 0 amide bonds. The normalized spacial score (nSPS) is 24.6. The van der Waals surface area contributed by atoms with Gasteiger partial charge in [0, 0.05) is 32.2 Å². The third-order valence-electron chi connectivity index (χ3n) is 4.94. The van der Waals surface area contributed by atoms with E-state index < -0.39 is 0 Å². The quantitative estimate of drug-likeness (QED) is 0.912. The average Bonchev–Trinajstić information content (AvgIpc) is 3.11. The maximum absolute atomic E-state index is 5.70. The molecule has 0 saturated carbocycles. The molecular weight excluding hydrogens is 246 g/mol. The Morgan fingerprint density at radius 3 is 2.70 bits per heavy atom. The van der Waals surface area contributed by atoms with Crippen molar-refractivity contribution in [3.63, 3.8) is 0 Å². The summed E-state index contributed by atoms with van der Waals surface area (Å²) in [5, 5.41) is 0. The zero-order valence-electron chi connectivity index (χ0n) is 12.6. The van der Waals surface area contributed by atoms with Gasteiger partial charge in [-0.3, -0.25) is 9.80 Å². The van der Waals surface area contributed by atoms with E-state index in [0.717, 1.165) is 12.6 Å². The maximum Gasteiger partial charge on any atom is 0.0237 e. The minimum atomic E-state index is 0.641. The van der Waals surface area contributed by atoms with Crippen LogP contribution in [0.15, 0.2) is 18.2 Å². The van der Waals surface area contributed by atoms with Gasteiger partial charge in [0.1, 0.15) is 0 Å². The second-order valence-electron chi connectivity index (χ2n) is 6.39. The van der Waals surface area contributed by atoms with Gasteiger partial charge in [-0.15, -0.1) is 0 Å². The van der Waals surface area contributed by atoms with Gasteiger partial charge in [0.2, 0.25) is 0 Å². The monoisotopic (exact) mass is 273 g/mol. The molecule has 2 saturated heterocycles. The predicted octanol–water partition coefficient (Wildman–Crippen LogP) is 2.12. The molecule has 3 nitrogen and oxygen atoms in total. The van der Waals surface area contributed by atoms with Gasteiger partial charge in [-0.1, -0.05) is 18.2 Å². The summed E-state index contributed by atoms with van der Waals surface area (Å²) in [5.41, 5.74) is 9.79. The third-order valence-corrected chi connectivity index (χ3v) is 4.94. The van der Waals surface area contributed by atoms with Crippen LogP contribution in [0.3, 0.4) is 0 Å². The van der Waals surface area contributed by atoms with Gasteiger partial charge in [-0.2, -0.15) is 0 Å². The number of nitrogens with two attached hydrogens (primary N) is 1.